The van der Waals surface area contributed by atoms with E-state index in [1.807, 2.05) is 30.3 Å². The number of amides is 1. The van der Waals surface area contributed by atoms with Crippen LogP contribution in [0.15, 0.2) is 30.3 Å². The standard InChI is InChI=1S/C18H28NO4P/c1-19(18(20)23-14-16-11-7-4-8-12-16)17(24(21)22-2)13-15-9-5-3-6-10-15/h4,7-8,11-12,15,17,24H,3,5-6,9-10,13-14H2,1-2H3. The molecule has 0 radical (unpaired) electrons. The van der Waals surface area contributed by atoms with E-state index < -0.39 is 19.9 Å². The van der Waals surface area contributed by atoms with E-state index in [1.165, 1.54) is 31.3 Å². The van der Waals surface area contributed by atoms with E-state index in [1.54, 1.807) is 7.05 Å². The monoisotopic (exact) mass is 353 g/mol. The van der Waals surface area contributed by atoms with E-state index in [0.29, 0.717) is 5.92 Å². The summed E-state index contributed by atoms with van der Waals surface area (Å²) in [5.74, 6) is 0.114. The Kier molecular flexibility index (Phi) is 7.80. The fourth-order valence-corrected chi connectivity index (χ4v) is 4.45. The first-order chi connectivity index (χ1) is 11.6. The number of hydrogen-bond donors (Lipinski definition) is 0. The first-order valence-electron chi connectivity index (χ1n) is 8.63. The molecule has 6 heteroatoms. The van der Waals surface area contributed by atoms with E-state index in [2.05, 4.69) is 0 Å². The third kappa shape index (κ3) is 5.64. The fourth-order valence-electron chi connectivity index (χ4n) is 3.24. The molecule has 2 rings (SSSR count). The van der Waals surface area contributed by atoms with E-state index in [-0.39, 0.29) is 6.61 Å². The van der Waals surface area contributed by atoms with Crippen LogP contribution in [0.1, 0.15) is 44.1 Å². The van der Waals surface area contributed by atoms with Crippen molar-refractivity contribution in [2.24, 2.45) is 5.92 Å². The summed E-state index contributed by atoms with van der Waals surface area (Å²) in [7, 11) is 0.781. The molecular formula is C18H28NO4P. The number of nitrogens with zero attached hydrogens (tertiary/aromatic N) is 1. The predicted octanol–water partition coefficient (Wildman–Crippen LogP) is 4.67. The lowest BCUT2D eigenvalue weighted by Gasteiger charge is -2.31. The first-order valence-corrected chi connectivity index (χ1v) is 10.0. The van der Waals surface area contributed by atoms with Crippen molar-refractivity contribution >= 4 is 14.1 Å². The minimum absolute atomic E-state index is 0.216. The average Bonchev–Trinajstić information content (AvgIpc) is 2.64. The summed E-state index contributed by atoms with van der Waals surface area (Å²) >= 11 is 0. The maximum Gasteiger partial charge on any atom is 0.410 e. The molecule has 1 aliphatic carbocycles. The molecule has 1 aromatic rings. The molecule has 1 saturated carbocycles. The van der Waals surface area contributed by atoms with Gasteiger partial charge in [-0.2, -0.15) is 0 Å². The molecule has 2 unspecified atom stereocenters. The third-order valence-electron chi connectivity index (χ3n) is 4.72. The van der Waals surface area contributed by atoms with Crippen LogP contribution in [0.2, 0.25) is 0 Å². The zero-order valence-corrected chi connectivity index (χ0v) is 15.6. The molecule has 5 nitrogen and oxygen atoms in total. The highest BCUT2D eigenvalue weighted by molar-refractivity contribution is 7.39. The summed E-state index contributed by atoms with van der Waals surface area (Å²) in [6.45, 7) is 0.216. The minimum atomic E-state index is -2.32. The van der Waals surface area contributed by atoms with Crippen LogP contribution < -0.4 is 0 Å². The van der Waals surface area contributed by atoms with Crippen LogP contribution in [0.25, 0.3) is 0 Å². The number of ether oxygens (including phenoxy) is 1. The van der Waals surface area contributed by atoms with Crippen LogP contribution >= 0.6 is 8.03 Å². The van der Waals surface area contributed by atoms with E-state index >= 15 is 0 Å². The van der Waals surface area contributed by atoms with Gasteiger partial charge in [0, 0.05) is 14.2 Å². The van der Waals surface area contributed by atoms with Gasteiger partial charge >= 0.3 is 6.09 Å². The SMILES string of the molecule is CO[PH](=O)C(CC1CCCCC1)N(C)C(=O)OCc1ccccc1. The Morgan fingerprint density at radius 2 is 1.92 bits per heavy atom. The third-order valence-corrected chi connectivity index (χ3v) is 6.28. The molecule has 0 aromatic heterocycles. The Labute approximate surface area is 145 Å². The topological polar surface area (TPSA) is 55.8 Å². The second kappa shape index (κ2) is 9.85. The largest absolute Gasteiger partial charge is 0.445 e. The van der Waals surface area contributed by atoms with Gasteiger partial charge in [0.15, 0.2) is 0 Å². The number of carbonyl (C=O) groups is 1. The maximum atomic E-state index is 12.3. The first kappa shape index (κ1) is 19.0. The molecule has 1 amide bonds. The van der Waals surface area contributed by atoms with Crippen molar-refractivity contribution in [2.45, 2.75) is 50.9 Å². The Morgan fingerprint density at radius 1 is 1.25 bits per heavy atom. The van der Waals surface area contributed by atoms with Crippen molar-refractivity contribution in [1.29, 1.82) is 0 Å². The smallest absolute Gasteiger partial charge is 0.410 e. The number of carbonyl (C=O) groups excluding carboxylic acids is 1. The van der Waals surface area contributed by atoms with Gasteiger partial charge in [0.05, 0.1) is 0 Å². The van der Waals surface area contributed by atoms with Crippen LogP contribution in [0.4, 0.5) is 4.79 Å². The zero-order chi connectivity index (χ0) is 17.4. The molecule has 0 heterocycles. The average molecular weight is 353 g/mol. The molecule has 0 bridgehead atoms. The van der Waals surface area contributed by atoms with Crippen molar-refractivity contribution in [2.75, 3.05) is 14.2 Å². The van der Waals surface area contributed by atoms with Crippen molar-refractivity contribution in [3.05, 3.63) is 35.9 Å². The molecule has 0 aliphatic heterocycles. The summed E-state index contributed by atoms with van der Waals surface area (Å²) in [6.07, 6.45) is 6.26. The second-order valence-electron chi connectivity index (χ2n) is 6.43. The second-order valence-corrected chi connectivity index (χ2v) is 8.14. The molecule has 1 aliphatic rings. The molecular weight excluding hydrogens is 325 g/mol. The highest BCUT2D eigenvalue weighted by Crippen LogP contribution is 2.38. The predicted molar refractivity (Wildman–Crippen MR) is 95.4 cm³/mol. The van der Waals surface area contributed by atoms with Crippen LogP contribution in [0.5, 0.6) is 0 Å². The van der Waals surface area contributed by atoms with Gasteiger partial charge in [0.1, 0.15) is 12.4 Å². The number of hydrogen-bond acceptors (Lipinski definition) is 4. The normalized spacial score (nSPS) is 17.9. The van der Waals surface area contributed by atoms with Crippen LogP contribution in [-0.4, -0.2) is 30.9 Å². The molecule has 0 N–H and O–H groups in total. The van der Waals surface area contributed by atoms with E-state index in [0.717, 1.165) is 24.8 Å². The summed E-state index contributed by atoms with van der Waals surface area (Å²) in [6, 6.07) is 9.54. The van der Waals surface area contributed by atoms with Crippen molar-refractivity contribution < 1.29 is 18.6 Å². The molecule has 24 heavy (non-hydrogen) atoms. The lowest BCUT2D eigenvalue weighted by molar-refractivity contribution is 0.0948. The van der Waals surface area contributed by atoms with Gasteiger partial charge in [-0.05, 0) is 17.9 Å². The summed E-state index contributed by atoms with van der Waals surface area (Å²) in [5.41, 5.74) is 0.933. The Balaban J connectivity index is 1.93. The van der Waals surface area contributed by atoms with Gasteiger partial charge in [-0.15, -0.1) is 0 Å². The van der Waals surface area contributed by atoms with Crippen molar-refractivity contribution in [3.8, 4) is 0 Å². The molecule has 0 spiro atoms. The Bertz CT molecular complexity index is 531. The Morgan fingerprint density at radius 3 is 2.54 bits per heavy atom. The highest BCUT2D eigenvalue weighted by atomic mass is 31.1. The fraction of sp³-hybridized carbons (Fsp3) is 0.611. The number of rotatable bonds is 7. The van der Waals surface area contributed by atoms with Gasteiger partial charge in [0.2, 0.25) is 8.03 Å². The minimum Gasteiger partial charge on any atom is -0.445 e. The van der Waals surface area contributed by atoms with Crippen LogP contribution in [0, 0.1) is 5.92 Å². The Hall–Kier alpha value is -1.32. The van der Waals surface area contributed by atoms with Gasteiger partial charge in [0.25, 0.3) is 0 Å². The lowest BCUT2D eigenvalue weighted by atomic mass is 9.87. The van der Waals surface area contributed by atoms with E-state index in [9.17, 15) is 9.36 Å². The quantitative estimate of drug-likeness (QED) is 0.668. The molecule has 2 atom stereocenters. The zero-order valence-electron chi connectivity index (χ0n) is 14.6. The highest BCUT2D eigenvalue weighted by Gasteiger charge is 2.30. The van der Waals surface area contributed by atoms with Gasteiger partial charge < -0.3 is 9.26 Å². The molecule has 1 aromatic carbocycles. The molecule has 134 valence electrons. The van der Waals surface area contributed by atoms with Crippen LogP contribution in [-0.2, 0) is 20.4 Å². The van der Waals surface area contributed by atoms with Crippen molar-refractivity contribution in [3.63, 3.8) is 0 Å². The summed E-state index contributed by atoms with van der Waals surface area (Å²) in [4.78, 5) is 13.8. The van der Waals surface area contributed by atoms with Crippen molar-refractivity contribution in [1.82, 2.24) is 4.90 Å². The lowest BCUT2D eigenvalue weighted by Crippen LogP contribution is -2.37. The van der Waals surface area contributed by atoms with Gasteiger partial charge in [-0.25, -0.2) is 4.79 Å². The number of benzene rings is 1. The maximum absolute atomic E-state index is 12.3. The summed E-state index contributed by atoms with van der Waals surface area (Å²) in [5, 5.41) is 0. The molecule has 0 saturated heterocycles. The van der Waals surface area contributed by atoms with Gasteiger partial charge in [-0.1, -0.05) is 62.4 Å². The van der Waals surface area contributed by atoms with E-state index in [4.69, 9.17) is 9.26 Å². The molecule has 1 fully saturated rings. The van der Waals surface area contributed by atoms with Gasteiger partial charge in [-0.3, -0.25) is 9.46 Å². The van der Waals surface area contributed by atoms with Crippen LogP contribution in [0.3, 0.4) is 0 Å². The summed E-state index contributed by atoms with van der Waals surface area (Å²) < 4.78 is 22.8.